The zero-order valence-corrected chi connectivity index (χ0v) is 16.7. The minimum atomic E-state index is -0.144. The van der Waals surface area contributed by atoms with Crippen molar-refractivity contribution in [3.05, 3.63) is 64.1 Å². The van der Waals surface area contributed by atoms with Gasteiger partial charge in [-0.15, -0.1) is 0 Å². The molecule has 0 aliphatic heterocycles. The van der Waals surface area contributed by atoms with Crippen molar-refractivity contribution in [2.24, 2.45) is 0 Å². The lowest BCUT2D eigenvalue weighted by molar-refractivity contribution is -0.122. The van der Waals surface area contributed by atoms with Crippen LogP contribution in [0.1, 0.15) is 11.1 Å². The van der Waals surface area contributed by atoms with Crippen molar-refractivity contribution in [1.82, 2.24) is 10.2 Å². The number of nitrogens with one attached hydrogen (secondary N) is 2. The molecule has 0 bridgehead atoms. The van der Waals surface area contributed by atoms with Gasteiger partial charge in [-0.3, -0.25) is 14.5 Å². The van der Waals surface area contributed by atoms with E-state index in [1.807, 2.05) is 55.5 Å². The van der Waals surface area contributed by atoms with Crippen molar-refractivity contribution in [2.45, 2.75) is 13.3 Å². The summed E-state index contributed by atoms with van der Waals surface area (Å²) in [5, 5.41) is 5.76. The average Bonchev–Trinajstić information content (AvgIpc) is 2.58. The summed E-state index contributed by atoms with van der Waals surface area (Å²) >= 11 is 3.40. The minimum absolute atomic E-state index is 0.0870. The summed E-state index contributed by atoms with van der Waals surface area (Å²) in [6.07, 6.45) is 0.791. The van der Waals surface area contributed by atoms with Gasteiger partial charge in [-0.05, 0) is 49.7 Å². The van der Waals surface area contributed by atoms with Gasteiger partial charge < -0.3 is 10.6 Å². The van der Waals surface area contributed by atoms with Crippen molar-refractivity contribution in [1.29, 1.82) is 0 Å². The third kappa shape index (κ3) is 6.98. The Balaban J connectivity index is 1.70. The largest absolute Gasteiger partial charge is 0.355 e. The van der Waals surface area contributed by atoms with Gasteiger partial charge in [-0.25, -0.2) is 0 Å². The molecule has 0 heterocycles. The highest BCUT2D eigenvalue weighted by Gasteiger charge is 2.11. The molecule has 0 spiro atoms. The van der Waals surface area contributed by atoms with E-state index in [0.29, 0.717) is 6.54 Å². The number of likely N-dealkylation sites (N-methyl/N-ethyl adjacent to an activating group) is 1. The van der Waals surface area contributed by atoms with Gasteiger partial charge in [-0.1, -0.05) is 46.3 Å². The number of carbonyl (C=O) groups excluding carboxylic acids is 2. The van der Waals surface area contributed by atoms with Crippen LogP contribution < -0.4 is 10.6 Å². The van der Waals surface area contributed by atoms with E-state index in [4.69, 9.17) is 0 Å². The summed E-state index contributed by atoms with van der Waals surface area (Å²) in [7, 11) is 1.75. The van der Waals surface area contributed by atoms with Crippen LogP contribution in [0, 0.1) is 6.92 Å². The molecule has 0 fully saturated rings. The fraction of sp³-hybridized carbons (Fsp3) is 0.300. The Morgan fingerprint density at radius 1 is 1.04 bits per heavy atom. The normalized spacial score (nSPS) is 10.6. The molecule has 26 heavy (non-hydrogen) atoms. The van der Waals surface area contributed by atoms with Crippen LogP contribution in [-0.2, 0) is 16.0 Å². The number of hydrogen-bond donors (Lipinski definition) is 2. The number of carbonyl (C=O) groups is 2. The van der Waals surface area contributed by atoms with Crippen LogP contribution in [0.5, 0.6) is 0 Å². The SMILES string of the molecule is Cc1cc(Br)ccc1NC(=O)CN(C)CC(=O)NCCc1ccccc1. The highest BCUT2D eigenvalue weighted by molar-refractivity contribution is 9.10. The second kappa shape index (κ2) is 10.1. The van der Waals surface area contributed by atoms with Crippen LogP contribution in [-0.4, -0.2) is 43.4 Å². The lowest BCUT2D eigenvalue weighted by atomic mass is 10.1. The molecule has 2 amide bonds. The minimum Gasteiger partial charge on any atom is -0.355 e. The Morgan fingerprint density at radius 2 is 1.73 bits per heavy atom. The molecule has 138 valence electrons. The molecule has 6 heteroatoms. The first kappa shape index (κ1) is 20.1. The fourth-order valence-corrected chi connectivity index (χ4v) is 3.03. The quantitative estimate of drug-likeness (QED) is 0.693. The average molecular weight is 418 g/mol. The van der Waals surface area contributed by atoms with E-state index in [1.165, 1.54) is 5.56 Å². The standard InChI is InChI=1S/C20H24BrN3O2/c1-15-12-17(21)8-9-18(15)23-20(26)14-24(2)13-19(25)22-11-10-16-6-4-3-5-7-16/h3-9,12H,10-11,13-14H2,1-2H3,(H,22,25)(H,23,26). The first-order valence-electron chi connectivity index (χ1n) is 8.49. The van der Waals surface area contributed by atoms with Gasteiger partial charge in [0.2, 0.25) is 11.8 Å². The molecule has 0 saturated carbocycles. The number of hydrogen-bond acceptors (Lipinski definition) is 3. The molecule has 5 nitrogen and oxygen atoms in total. The molecular formula is C20H24BrN3O2. The van der Waals surface area contributed by atoms with Gasteiger partial charge in [0.05, 0.1) is 13.1 Å². The van der Waals surface area contributed by atoms with Crippen LogP contribution in [0.25, 0.3) is 0 Å². The Hall–Kier alpha value is -2.18. The first-order chi connectivity index (χ1) is 12.4. The molecule has 0 aliphatic rings. The summed E-state index contributed by atoms with van der Waals surface area (Å²) in [6.45, 7) is 2.86. The summed E-state index contributed by atoms with van der Waals surface area (Å²) in [5.41, 5.74) is 2.94. The third-order valence-electron chi connectivity index (χ3n) is 3.87. The Bertz CT molecular complexity index is 750. The second-order valence-corrected chi connectivity index (χ2v) is 7.18. The van der Waals surface area contributed by atoms with E-state index in [9.17, 15) is 9.59 Å². The van der Waals surface area contributed by atoms with Crippen molar-refractivity contribution in [3.8, 4) is 0 Å². The van der Waals surface area contributed by atoms with Crippen molar-refractivity contribution < 1.29 is 9.59 Å². The lowest BCUT2D eigenvalue weighted by Gasteiger charge is -2.16. The van der Waals surface area contributed by atoms with Gasteiger partial charge in [0.1, 0.15) is 0 Å². The molecular weight excluding hydrogens is 394 g/mol. The number of nitrogens with zero attached hydrogens (tertiary/aromatic N) is 1. The second-order valence-electron chi connectivity index (χ2n) is 6.27. The number of rotatable bonds is 8. The van der Waals surface area contributed by atoms with E-state index >= 15 is 0 Å². The number of halogens is 1. The van der Waals surface area contributed by atoms with Gasteiger partial charge >= 0.3 is 0 Å². The predicted octanol–water partition coefficient (Wildman–Crippen LogP) is 2.99. The van der Waals surface area contributed by atoms with Crippen LogP contribution >= 0.6 is 15.9 Å². The molecule has 2 rings (SSSR count). The van der Waals surface area contributed by atoms with Crippen molar-refractivity contribution >= 4 is 33.4 Å². The molecule has 2 N–H and O–H groups in total. The number of benzene rings is 2. The molecule has 0 aliphatic carbocycles. The monoisotopic (exact) mass is 417 g/mol. The van der Waals surface area contributed by atoms with E-state index in [0.717, 1.165) is 22.1 Å². The Labute approximate surface area is 162 Å². The van der Waals surface area contributed by atoms with E-state index in [2.05, 4.69) is 26.6 Å². The zero-order chi connectivity index (χ0) is 18.9. The molecule has 2 aromatic rings. The van der Waals surface area contributed by atoms with Gasteiger partial charge in [-0.2, -0.15) is 0 Å². The number of aryl methyl sites for hydroxylation is 1. The van der Waals surface area contributed by atoms with Crippen LogP contribution in [0.4, 0.5) is 5.69 Å². The summed E-state index contributed by atoms with van der Waals surface area (Å²) in [5.74, 6) is -0.230. The van der Waals surface area contributed by atoms with E-state index < -0.39 is 0 Å². The maximum Gasteiger partial charge on any atom is 0.238 e. The highest BCUT2D eigenvalue weighted by atomic mass is 79.9. The predicted molar refractivity (Wildman–Crippen MR) is 108 cm³/mol. The Morgan fingerprint density at radius 3 is 2.42 bits per heavy atom. The highest BCUT2D eigenvalue weighted by Crippen LogP contribution is 2.19. The van der Waals surface area contributed by atoms with Crippen molar-refractivity contribution in [3.63, 3.8) is 0 Å². The molecule has 0 aromatic heterocycles. The maximum atomic E-state index is 12.1. The number of anilines is 1. The summed E-state index contributed by atoms with van der Waals surface area (Å²) in [6, 6.07) is 15.7. The van der Waals surface area contributed by atoms with E-state index in [1.54, 1.807) is 11.9 Å². The summed E-state index contributed by atoms with van der Waals surface area (Å²) < 4.78 is 0.970. The summed E-state index contributed by atoms with van der Waals surface area (Å²) in [4.78, 5) is 25.8. The molecule has 0 unspecified atom stereocenters. The van der Waals surface area contributed by atoms with Crippen LogP contribution in [0.3, 0.4) is 0 Å². The fourth-order valence-electron chi connectivity index (χ4n) is 2.55. The smallest absolute Gasteiger partial charge is 0.238 e. The van der Waals surface area contributed by atoms with Gasteiger partial charge in [0.15, 0.2) is 0 Å². The van der Waals surface area contributed by atoms with Gasteiger partial charge in [0.25, 0.3) is 0 Å². The van der Waals surface area contributed by atoms with Gasteiger partial charge in [0, 0.05) is 16.7 Å². The number of amides is 2. The molecule has 0 atom stereocenters. The Kier molecular flexibility index (Phi) is 7.81. The maximum absolute atomic E-state index is 12.1. The molecule has 0 radical (unpaired) electrons. The van der Waals surface area contributed by atoms with Crippen molar-refractivity contribution in [2.75, 3.05) is 32.0 Å². The van der Waals surface area contributed by atoms with Crippen LogP contribution in [0.15, 0.2) is 53.0 Å². The topological polar surface area (TPSA) is 61.4 Å². The first-order valence-corrected chi connectivity index (χ1v) is 9.28. The molecule has 0 saturated heterocycles. The molecule has 2 aromatic carbocycles. The third-order valence-corrected chi connectivity index (χ3v) is 4.36. The van der Waals surface area contributed by atoms with E-state index in [-0.39, 0.29) is 24.9 Å². The van der Waals surface area contributed by atoms with Crippen LogP contribution in [0.2, 0.25) is 0 Å². The lowest BCUT2D eigenvalue weighted by Crippen LogP contribution is -2.39. The zero-order valence-electron chi connectivity index (χ0n) is 15.1.